The van der Waals surface area contributed by atoms with E-state index in [-0.39, 0.29) is 5.91 Å². The number of thioether (sulfide) groups is 1. The molecule has 0 unspecified atom stereocenters. The molecule has 0 radical (unpaired) electrons. The number of hydrogen-bond acceptors (Lipinski definition) is 3. The van der Waals surface area contributed by atoms with Gasteiger partial charge in [0.15, 0.2) is 0 Å². The molecule has 0 saturated heterocycles. The highest BCUT2D eigenvalue weighted by atomic mass is 32.2. The van der Waals surface area contributed by atoms with Crippen molar-refractivity contribution in [1.82, 2.24) is 9.78 Å². The minimum absolute atomic E-state index is 0.0250. The Kier molecular flexibility index (Phi) is 5.33. The molecule has 0 aliphatic heterocycles. The van der Waals surface area contributed by atoms with Gasteiger partial charge in [0.05, 0.1) is 11.4 Å². The highest BCUT2D eigenvalue weighted by molar-refractivity contribution is 7.99. The van der Waals surface area contributed by atoms with Crippen LogP contribution in [0.1, 0.15) is 11.1 Å². The van der Waals surface area contributed by atoms with Crippen molar-refractivity contribution in [3.8, 4) is 5.69 Å². The first-order chi connectivity index (χ1) is 11.7. The average Bonchev–Trinajstić information content (AvgIpc) is 3.12. The van der Waals surface area contributed by atoms with E-state index in [2.05, 4.69) is 22.5 Å². The number of amides is 1. The van der Waals surface area contributed by atoms with E-state index >= 15 is 0 Å². The molecule has 0 atom stereocenters. The molecule has 0 saturated carbocycles. The van der Waals surface area contributed by atoms with Gasteiger partial charge in [0.1, 0.15) is 0 Å². The fraction of sp³-hybridized carbons (Fsp3) is 0.158. The molecule has 3 rings (SSSR count). The summed E-state index contributed by atoms with van der Waals surface area (Å²) in [6, 6.07) is 17.9. The molecule has 0 fully saturated rings. The first-order valence-electron chi connectivity index (χ1n) is 7.74. The summed E-state index contributed by atoms with van der Waals surface area (Å²) in [5.74, 6) is 1.27. The van der Waals surface area contributed by atoms with E-state index in [0.29, 0.717) is 5.75 Å². The molecular formula is C19H19N3OS. The molecule has 4 nitrogen and oxygen atoms in total. The van der Waals surface area contributed by atoms with Crippen LogP contribution in [0.2, 0.25) is 0 Å². The number of benzene rings is 2. The molecule has 1 N–H and O–H groups in total. The number of nitrogens with one attached hydrogen (secondary N) is 1. The summed E-state index contributed by atoms with van der Waals surface area (Å²) in [7, 11) is 0. The van der Waals surface area contributed by atoms with Gasteiger partial charge in [0.25, 0.3) is 0 Å². The highest BCUT2D eigenvalue weighted by Gasteiger charge is 2.03. The summed E-state index contributed by atoms with van der Waals surface area (Å²) in [6.07, 6.45) is 3.68. The lowest BCUT2D eigenvalue weighted by Crippen LogP contribution is -2.14. The van der Waals surface area contributed by atoms with Crippen LogP contribution in [0.5, 0.6) is 0 Å². The minimum Gasteiger partial charge on any atom is -0.325 e. The number of nitrogens with zero attached hydrogens (tertiary/aromatic N) is 2. The van der Waals surface area contributed by atoms with Crippen LogP contribution in [0.4, 0.5) is 5.69 Å². The Bertz CT molecular complexity index is 780. The Labute approximate surface area is 145 Å². The highest BCUT2D eigenvalue weighted by Crippen LogP contribution is 2.16. The second kappa shape index (κ2) is 7.84. The van der Waals surface area contributed by atoms with Gasteiger partial charge in [0, 0.05) is 23.8 Å². The SMILES string of the molecule is Cc1ccc(NC(=O)CSCc2ccc(-n3cccn3)cc2)cc1. The molecular weight excluding hydrogens is 318 g/mol. The van der Waals surface area contributed by atoms with E-state index in [1.54, 1.807) is 18.0 Å². The van der Waals surface area contributed by atoms with Gasteiger partial charge < -0.3 is 5.32 Å². The van der Waals surface area contributed by atoms with Gasteiger partial charge in [-0.25, -0.2) is 4.68 Å². The predicted octanol–water partition coefficient (Wildman–Crippen LogP) is 4.05. The van der Waals surface area contributed by atoms with Crippen molar-refractivity contribution in [2.45, 2.75) is 12.7 Å². The van der Waals surface area contributed by atoms with Crippen LogP contribution < -0.4 is 5.32 Å². The van der Waals surface area contributed by atoms with Crippen LogP contribution in [0, 0.1) is 6.92 Å². The van der Waals surface area contributed by atoms with E-state index in [9.17, 15) is 4.79 Å². The molecule has 1 amide bonds. The first-order valence-corrected chi connectivity index (χ1v) is 8.89. The third kappa shape index (κ3) is 4.49. The maximum absolute atomic E-state index is 12.0. The lowest BCUT2D eigenvalue weighted by molar-refractivity contribution is -0.113. The van der Waals surface area contributed by atoms with Gasteiger partial charge >= 0.3 is 0 Å². The molecule has 0 aliphatic rings. The predicted molar refractivity (Wildman–Crippen MR) is 99.5 cm³/mol. The van der Waals surface area contributed by atoms with Crippen LogP contribution in [0.3, 0.4) is 0 Å². The maximum Gasteiger partial charge on any atom is 0.234 e. The van der Waals surface area contributed by atoms with Crippen molar-refractivity contribution in [1.29, 1.82) is 0 Å². The monoisotopic (exact) mass is 337 g/mol. The second-order valence-corrected chi connectivity index (χ2v) is 6.51. The average molecular weight is 337 g/mol. The quantitative estimate of drug-likeness (QED) is 0.738. The summed E-state index contributed by atoms with van der Waals surface area (Å²) < 4.78 is 1.83. The molecule has 0 aliphatic carbocycles. The third-order valence-electron chi connectivity index (χ3n) is 3.54. The molecule has 1 heterocycles. The maximum atomic E-state index is 12.0. The van der Waals surface area contributed by atoms with Crippen LogP contribution >= 0.6 is 11.8 Å². The van der Waals surface area contributed by atoms with Gasteiger partial charge in [-0.3, -0.25) is 4.79 Å². The summed E-state index contributed by atoms with van der Waals surface area (Å²) in [5.41, 5.74) is 4.25. The third-order valence-corrected chi connectivity index (χ3v) is 4.55. The molecule has 0 bridgehead atoms. The molecule has 5 heteroatoms. The van der Waals surface area contributed by atoms with E-state index in [1.165, 1.54) is 11.1 Å². The topological polar surface area (TPSA) is 46.9 Å². The van der Waals surface area contributed by atoms with Gasteiger partial charge in [0.2, 0.25) is 5.91 Å². The summed E-state index contributed by atoms with van der Waals surface area (Å²) >= 11 is 1.61. The summed E-state index contributed by atoms with van der Waals surface area (Å²) in [4.78, 5) is 12.0. The van der Waals surface area contributed by atoms with Crippen molar-refractivity contribution < 1.29 is 4.79 Å². The Morgan fingerprint density at radius 3 is 2.54 bits per heavy atom. The van der Waals surface area contributed by atoms with Crippen molar-refractivity contribution in [3.05, 3.63) is 78.1 Å². The number of rotatable bonds is 6. The van der Waals surface area contributed by atoms with Crippen molar-refractivity contribution >= 4 is 23.4 Å². The second-order valence-electron chi connectivity index (χ2n) is 5.52. The molecule has 2 aromatic carbocycles. The largest absolute Gasteiger partial charge is 0.325 e. The zero-order valence-corrected chi connectivity index (χ0v) is 14.3. The summed E-state index contributed by atoms with van der Waals surface area (Å²) in [6.45, 7) is 2.03. The minimum atomic E-state index is 0.0250. The zero-order chi connectivity index (χ0) is 16.8. The van der Waals surface area contributed by atoms with Crippen LogP contribution in [-0.2, 0) is 10.5 Å². The molecule has 1 aromatic heterocycles. The van der Waals surface area contributed by atoms with E-state index in [0.717, 1.165) is 17.1 Å². The fourth-order valence-corrected chi connectivity index (χ4v) is 3.05. The number of anilines is 1. The van der Waals surface area contributed by atoms with Crippen LogP contribution in [0.15, 0.2) is 67.0 Å². The molecule has 122 valence electrons. The summed E-state index contributed by atoms with van der Waals surface area (Å²) in [5, 5.41) is 7.12. The van der Waals surface area contributed by atoms with Crippen molar-refractivity contribution in [2.75, 3.05) is 11.1 Å². The van der Waals surface area contributed by atoms with E-state index < -0.39 is 0 Å². The standard InChI is InChI=1S/C19H19N3OS/c1-15-3-7-17(8-4-15)21-19(23)14-24-13-16-5-9-18(10-6-16)22-12-2-11-20-22/h2-12H,13-14H2,1H3,(H,21,23). The van der Waals surface area contributed by atoms with E-state index in [4.69, 9.17) is 0 Å². The number of hydrogen-bond donors (Lipinski definition) is 1. The van der Waals surface area contributed by atoms with E-state index in [1.807, 2.05) is 60.3 Å². The van der Waals surface area contributed by atoms with Gasteiger partial charge in [-0.05, 0) is 42.8 Å². The Hall–Kier alpha value is -2.53. The number of carbonyl (C=O) groups is 1. The van der Waals surface area contributed by atoms with Crippen molar-refractivity contribution in [2.24, 2.45) is 0 Å². The van der Waals surface area contributed by atoms with Gasteiger partial charge in [-0.15, -0.1) is 11.8 Å². The molecule has 24 heavy (non-hydrogen) atoms. The normalized spacial score (nSPS) is 10.5. The molecule has 0 spiro atoms. The Balaban J connectivity index is 1.46. The first kappa shape index (κ1) is 16.3. The number of carbonyl (C=O) groups excluding carboxylic acids is 1. The number of aryl methyl sites for hydroxylation is 1. The lowest BCUT2D eigenvalue weighted by atomic mass is 10.2. The van der Waals surface area contributed by atoms with Crippen LogP contribution in [-0.4, -0.2) is 21.4 Å². The fourth-order valence-electron chi connectivity index (χ4n) is 2.26. The van der Waals surface area contributed by atoms with Crippen molar-refractivity contribution in [3.63, 3.8) is 0 Å². The van der Waals surface area contributed by atoms with Gasteiger partial charge in [-0.2, -0.15) is 5.10 Å². The lowest BCUT2D eigenvalue weighted by Gasteiger charge is -2.06. The smallest absolute Gasteiger partial charge is 0.234 e. The molecule has 3 aromatic rings. The Morgan fingerprint density at radius 1 is 1.12 bits per heavy atom. The zero-order valence-electron chi connectivity index (χ0n) is 13.5. The van der Waals surface area contributed by atoms with Crippen LogP contribution in [0.25, 0.3) is 5.69 Å². The number of aromatic nitrogens is 2. The Morgan fingerprint density at radius 2 is 1.88 bits per heavy atom. The van der Waals surface area contributed by atoms with Gasteiger partial charge in [-0.1, -0.05) is 29.8 Å².